The van der Waals surface area contributed by atoms with Crippen LogP contribution in [-0.2, 0) is 12.8 Å². The van der Waals surface area contributed by atoms with E-state index in [9.17, 15) is 4.79 Å². The first-order chi connectivity index (χ1) is 9.22. The van der Waals surface area contributed by atoms with Crippen LogP contribution >= 0.6 is 11.3 Å². The van der Waals surface area contributed by atoms with Crippen molar-refractivity contribution in [2.75, 3.05) is 5.32 Å². The summed E-state index contributed by atoms with van der Waals surface area (Å²) in [5.74, 6) is 0.719. The van der Waals surface area contributed by atoms with Gasteiger partial charge in [-0.1, -0.05) is 6.92 Å². The van der Waals surface area contributed by atoms with E-state index in [0.29, 0.717) is 0 Å². The number of hydrogen-bond acceptors (Lipinski definition) is 3. The molecule has 19 heavy (non-hydrogen) atoms. The fraction of sp³-hybridized carbons (Fsp3) is 0.333. The molecule has 1 aliphatic rings. The molecule has 0 saturated carbocycles. The van der Waals surface area contributed by atoms with E-state index in [4.69, 9.17) is 0 Å². The molecule has 1 N–H and O–H groups in total. The van der Waals surface area contributed by atoms with Gasteiger partial charge in [0, 0.05) is 23.0 Å². The molecule has 2 aromatic heterocycles. The predicted molar refractivity (Wildman–Crippen MR) is 77.7 cm³/mol. The number of aromatic nitrogens is 1. The second kappa shape index (κ2) is 5.13. The van der Waals surface area contributed by atoms with Crippen molar-refractivity contribution in [2.24, 2.45) is 5.92 Å². The lowest BCUT2D eigenvalue weighted by molar-refractivity contribution is 0.103. The van der Waals surface area contributed by atoms with Gasteiger partial charge in [0.1, 0.15) is 0 Å². The van der Waals surface area contributed by atoms with E-state index >= 15 is 0 Å². The molecule has 4 heteroatoms. The Kier molecular flexibility index (Phi) is 3.34. The van der Waals surface area contributed by atoms with Gasteiger partial charge in [0.2, 0.25) is 0 Å². The summed E-state index contributed by atoms with van der Waals surface area (Å²) in [6.07, 6.45) is 6.81. The fourth-order valence-corrected chi connectivity index (χ4v) is 3.55. The Bertz CT molecular complexity index is 591. The number of carbonyl (C=O) groups excluding carboxylic acids is 1. The number of nitrogens with one attached hydrogen (secondary N) is 1. The maximum atomic E-state index is 12.2. The molecule has 0 spiro atoms. The van der Waals surface area contributed by atoms with Gasteiger partial charge < -0.3 is 5.32 Å². The molecule has 2 heterocycles. The Labute approximate surface area is 116 Å². The van der Waals surface area contributed by atoms with E-state index in [1.54, 1.807) is 35.9 Å². The summed E-state index contributed by atoms with van der Waals surface area (Å²) in [7, 11) is 0. The number of aryl methyl sites for hydroxylation is 1. The highest BCUT2D eigenvalue weighted by molar-refractivity contribution is 7.14. The molecule has 1 amide bonds. The zero-order valence-corrected chi connectivity index (χ0v) is 11.7. The topological polar surface area (TPSA) is 42.0 Å². The van der Waals surface area contributed by atoms with Crippen LogP contribution in [0.1, 0.15) is 33.5 Å². The number of anilines is 1. The summed E-state index contributed by atoms with van der Waals surface area (Å²) >= 11 is 1.64. The van der Waals surface area contributed by atoms with Crippen LogP contribution in [0.4, 0.5) is 5.69 Å². The van der Waals surface area contributed by atoms with E-state index < -0.39 is 0 Å². The molecule has 2 aromatic rings. The monoisotopic (exact) mass is 272 g/mol. The van der Waals surface area contributed by atoms with Crippen molar-refractivity contribution in [3.63, 3.8) is 0 Å². The highest BCUT2D eigenvalue weighted by Crippen LogP contribution is 2.32. The van der Waals surface area contributed by atoms with Crippen LogP contribution in [-0.4, -0.2) is 10.9 Å². The zero-order chi connectivity index (χ0) is 13.2. The number of fused-ring (bicyclic) bond motifs is 1. The van der Waals surface area contributed by atoms with Crippen molar-refractivity contribution in [1.29, 1.82) is 0 Å². The van der Waals surface area contributed by atoms with Crippen molar-refractivity contribution >= 4 is 22.9 Å². The van der Waals surface area contributed by atoms with Crippen molar-refractivity contribution in [1.82, 2.24) is 4.98 Å². The molecule has 3 nitrogen and oxygen atoms in total. The van der Waals surface area contributed by atoms with Crippen LogP contribution in [0.3, 0.4) is 0 Å². The van der Waals surface area contributed by atoms with Crippen molar-refractivity contribution < 1.29 is 4.79 Å². The molecule has 0 aromatic carbocycles. The van der Waals surface area contributed by atoms with Gasteiger partial charge in [0.15, 0.2) is 0 Å². The molecule has 1 atom stereocenters. The normalized spacial score (nSPS) is 17.8. The van der Waals surface area contributed by atoms with Gasteiger partial charge in [0.05, 0.1) is 4.88 Å². The van der Waals surface area contributed by atoms with Crippen LogP contribution in [0.2, 0.25) is 0 Å². The molecule has 1 aliphatic carbocycles. The fourth-order valence-electron chi connectivity index (χ4n) is 2.45. The first kappa shape index (κ1) is 12.4. The van der Waals surface area contributed by atoms with Crippen molar-refractivity contribution in [2.45, 2.75) is 26.2 Å². The molecule has 98 valence electrons. The third kappa shape index (κ3) is 2.68. The van der Waals surface area contributed by atoms with E-state index in [-0.39, 0.29) is 5.91 Å². The molecule has 1 unspecified atom stereocenters. The summed E-state index contributed by atoms with van der Waals surface area (Å²) in [6, 6.07) is 5.66. The predicted octanol–water partition coefficient (Wildman–Crippen LogP) is 3.52. The quantitative estimate of drug-likeness (QED) is 0.909. The van der Waals surface area contributed by atoms with Crippen LogP contribution in [0.25, 0.3) is 0 Å². The molecule has 0 bridgehead atoms. The molecule has 0 radical (unpaired) electrons. The largest absolute Gasteiger partial charge is 0.321 e. The summed E-state index contributed by atoms with van der Waals surface area (Å²) in [5, 5.41) is 2.91. The van der Waals surface area contributed by atoms with E-state index in [0.717, 1.165) is 29.3 Å². The van der Waals surface area contributed by atoms with Gasteiger partial charge in [0.25, 0.3) is 5.91 Å². The standard InChI is InChI=1S/C15H16N2OS/c1-10-2-3-13-11(8-10)9-14(19-13)15(18)17-12-4-6-16-7-5-12/h4-7,9-10H,2-3,8H2,1H3,(H,16,17,18). The highest BCUT2D eigenvalue weighted by atomic mass is 32.1. The second-order valence-electron chi connectivity index (χ2n) is 5.10. The van der Waals surface area contributed by atoms with E-state index in [1.807, 2.05) is 0 Å². The summed E-state index contributed by atoms with van der Waals surface area (Å²) in [6.45, 7) is 2.28. The molecular formula is C15H16N2OS. The Morgan fingerprint density at radius 1 is 1.42 bits per heavy atom. The maximum absolute atomic E-state index is 12.2. The van der Waals surface area contributed by atoms with Gasteiger partial charge in [-0.05, 0) is 48.9 Å². The summed E-state index contributed by atoms with van der Waals surface area (Å²) < 4.78 is 0. The second-order valence-corrected chi connectivity index (χ2v) is 6.23. The highest BCUT2D eigenvalue weighted by Gasteiger charge is 2.20. The average Bonchev–Trinajstić information content (AvgIpc) is 2.83. The van der Waals surface area contributed by atoms with Gasteiger partial charge in [-0.2, -0.15) is 0 Å². The van der Waals surface area contributed by atoms with E-state index in [1.165, 1.54) is 16.9 Å². The lowest BCUT2D eigenvalue weighted by atomic mass is 9.90. The molecule has 0 aliphatic heterocycles. The molecule has 3 rings (SSSR count). The lowest BCUT2D eigenvalue weighted by Crippen LogP contribution is -2.10. The molecular weight excluding hydrogens is 256 g/mol. The SMILES string of the molecule is CC1CCc2sc(C(=O)Nc3ccncc3)cc2C1. The number of carbonyl (C=O) groups is 1. The van der Waals surface area contributed by atoms with Crippen LogP contribution in [0.15, 0.2) is 30.6 Å². The van der Waals surface area contributed by atoms with Crippen LogP contribution in [0.5, 0.6) is 0 Å². The van der Waals surface area contributed by atoms with Gasteiger partial charge in [-0.3, -0.25) is 9.78 Å². The van der Waals surface area contributed by atoms with Gasteiger partial charge >= 0.3 is 0 Å². The number of amides is 1. The van der Waals surface area contributed by atoms with Crippen molar-refractivity contribution in [3.05, 3.63) is 45.9 Å². The summed E-state index contributed by atoms with van der Waals surface area (Å²) in [5.41, 5.74) is 2.16. The third-order valence-electron chi connectivity index (χ3n) is 3.49. The lowest BCUT2D eigenvalue weighted by Gasteiger charge is -2.16. The average molecular weight is 272 g/mol. The minimum atomic E-state index is -0.0155. The number of hydrogen-bond donors (Lipinski definition) is 1. The van der Waals surface area contributed by atoms with Crippen LogP contribution in [0, 0.1) is 5.92 Å². The maximum Gasteiger partial charge on any atom is 0.265 e. The number of nitrogens with zero attached hydrogens (tertiary/aromatic N) is 1. The van der Waals surface area contributed by atoms with Crippen molar-refractivity contribution in [3.8, 4) is 0 Å². The third-order valence-corrected chi connectivity index (χ3v) is 4.73. The van der Waals surface area contributed by atoms with Crippen LogP contribution < -0.4 is 5.32 Å². The van der Waals surface area contributed by atoms with Gasteiger partial charge in [-0.25, -0.2) is 0 Å². The minimum absolute atomic E-state index is 0.0155. The Morgan fingerprint density at radius 2 is 2.21 bits per heavy atom. The molecule has 0 saturated heterocycles. The first-order valence-corrected chi connectivity index (χ1v) is 7.37. The van der Waals surface area contributed by atoms with E-state index in [2.05, 4.69) is 23.3 Å². The smallest absolute Gasteiger partial charge is 0.265 e. The Morgan fingerprint density at radius 3 is 3.00 bits per heavy atom. The number of pyridine rings is 1. The Balaban J connectivity index is 1.78. The molecule has 0 fully saturated rings. The zero-order valence-electron chi connectivity index (χ0n) is 10.8. The Hall–Kier alpha value is -1.68. The summed E-state index contributed by atoms with van der Waals surface area (Å²) in [4.78, 5) is 18.3. The van der Waals surface area contributed by atoms with Gasteiger partial charge in [-0.15, -0.1) is 11.3 Å². The number of thiophene rings is 1. The minimum Gasteiger partial charge on any atom is -0.321 e. The first-order valence-electron chi connectivity index (χ1n) is 6.55. The number of rotatable bonds is 2.